The molecule has 0 bridgehead atoms. The van der Waals surface area contributed by atoms with E-state index in [1.807, 2.05) is 6.92 Å². The lowest BCUT2D eigenvalue weighted by Crippen LogP contribution is -2.27. The lowest BCUT2D eigenvalue weighted by molar-refractivity contribution is -0.120. The zero-order valence-electron chi connectivity index (χ0n) is 7.22. The molecule has 62 valence electrons. The number of carbonyl (C=O) groups is 1. The Morgan fingerprint density at radius 3 is 2.55 bits per heavy atom. The van der Waals surface area contributed by atoms with Gasteiger partial charge in [-0.2, -0.15) is 0 Å². The van der Waals surface area contributed by atoms with Gasteiger partial charge in [0.2, 0.25) is 0 Å². The van der Waals surface area contributed by atoms with Gasteiger partial charge in [-0.25, -0.2) is 0 Å². The molecule has 11 heavy (non-hydrogen) atoms. The van der Waals surface area contributed by atoms with Crippen molar-refractivity contribution in [1.29, 1.82) is 5.41 Å². The smallest absolute Gasteiger partial charge is 0.271 e. The van der Waals surface area contributed by atoms with Gasteiger partial charge in [0.25, 0.3) is 5.91 Å². The second-order valence-electron chi connectivity index (χ2n) is 2.23. The van der Waals surface area contributed by atoms with Gasteiger partial charge < -0.3 is 4.90 Å². The largest absolute Gasteiger partial charge is 0.317 e. The highest BCUT2D eigenvalue weighted by atomic mass is 16.2. The summed E-state index contributed by atoms with van der Waals surface area (Å²) in [7, 11) is 1.65. The maximum atomic E-state index is 11.1. The van der Waals surface area contributed by atoms with E-state index in [2.05, 4.69) is 0 Å². The first-order valence-electron chi connectivity index (χ1n) is 3.60. The van der Waals surface area contributed by atoms with Crippen LogP contribution in [0.25, 0.3) is 0 Å². The minimum Gasteiger partial charge on any atom is -0.317 e. The highest BCUT2D eigenvalue weighted by Gasteiger charge is 2.09. The van der Waals surface area contributed by atoms with Crippen LogP contribution in [0.1, 0.15) is 20.3 Å². The summed E-state index contributed by atoms with van der Waals surface area (Å²) in [6.07, 6.45) is 3.90. The number of allylic oxidation sites excluding steroid dienone is 1. The summed E-state index contributed by atoms with van der Waals surface area (Å²) in [5, 5.41) is 7.23. The first-order chi connectivity index (χ1) is 5.13. The molecule has 0 saturated carbocycles. The summed E-state index contributed by atoms with van der Waals surface area (Å²) in [5.41, 5.74) is 0.144. The minimum atomic E-state index is -0.231. The molecule has 0 unspecified atom stereocenters. The molecule has 0 aliphatic rings. The monoisotopic (exact) mass is 154 g/mol. The van der Waals surface area contributed by atoms with E-state index in [9.17, 15) is 4.79 Å². The fraction of sp³-hybridized carbons (Fsp3) is 0.500. The van der Waals surface area contributed by atoms with E-state index in [-0.39, 0.29) is 11.6 Å². The molecule has 0 fully saturated rings. The molecule has 0 aromatic heterocycles. The van der Waals surface area contributed by atoms with Crippen molar-refractivity contribution in [3.05, 3.63) is 12.3 Å². The molecule has 0 rings (SSSR count). The van der Waals surface area contributed by atoms with Crippen LogP contribution < -0.4 is 0 Å². The number of nitrogens with zero attached hydrogens (tertiary/aromatic N) is 1. The second-order valence-corrected chi connectivity index (χ2v) is 2.23. The standard InChI is InChI=1S/C8H14N2O/c1-4-6-10(3)8(11)7(9)5-2/h4,6,9H,5H2,1-3H3/b6-4-,9-7?. The van der Waals surface area contributed by atoms with E-state index in [1.54, 1.807) is 26.2 Å². The molecule has 0 aromatic carbocycles. The van der Waals surface area contributed by atoms with Gasteiger partial charge in [0.05, 0.1) is 5.71 Å². The lowest BCUT2D eigenvalue weighted by Gasteiger charge is -2.10. The molecule has 0 atom stereocenters. The average molecular weight is 154 g/mol. The topological polar surface area (TPSA) is 44.2 Å². The molecular formula is C8H14N2O. The van der Waals surface area contributed by atoms with Gasteiger partial charge in [-0.1, -0.05) is 13.0 Å². The summed E-state index contributed by atoms with van der Waals surface area (Å²) < 4.78 is 0. The molecule has 0 aromatic rings. The van der Waals surface area contributed by atoms with Crippen LogP contribution in [-0.2, 0) is 4.79 Å². The van der Waals surface area contributed by atoms with E-state index in [1.165, 1.54) is 4.90 Å². The maximum Gasteiger partial charge on any atom is 0.271 e. The zero-order valence-corrected chi connectivity index (χ0v) is 7.22. The number of carbonyl (C=O) groups excluding carboxylic acids is 1. The van der Waals surface area contributed by atoms with Crippen molar-refractivity contribution < 1.29 is 4.79 Å². The van der Waals surface area contributed by atoms with Gasteiger partial charge in [-0.3, -0.25) is 10.2 Å². The highest BCUT2D eigenvalue weighted by molar-refractivity contribution is 6.37. The first-order valence-corrected chi connectivity index (χ1v) is 3.60. The second kappa shape index (κ2) is 4.66. The molecule has 0 saturated heterocycles. The molecule has 3 nitrogen and oxygen atoms in total. The van der Waals surface area contributed by atoms with Crippen molar-refractivity contribution >= 4 is 11.6 Å². The van der Waals surface area contributed by atoms with E-state index in [0.717, 1.165) is 0 Å². The molecule has 0 aliphatic heterocycles. The van der Waals surface area contributed by atoms with E-state index < -0.39 is 0 Å². The predicted octanol–water partition coefficient (Wildman–Crippen LogP) is 1.41. The van der Waals surface area contributed by atoms with E-state index in [0.29, 0.717) is 6.42 Å². The van der Waals surface area contributed by atoms with Crippen molar-refractivity contribution in [3.63, 3.8) is 0 Å². The summed E-state index contributed by atoms with van der Waals surface area (Å²) >= 11 is 0. The van der Waals surface area contributed by atoms with Crippen LogP contribution in [0.2, 0.25) is 0 Å². The Balaban J connectivity index is 4.13. The van der Waals surface area contributed by atoms with Crippen LogP contribution in [0.15, 0.2) is 12.3 Å². The Morgan fingerprint density at radius 2 is 2.18 bits per heavy atom. The molecule has 1 amide bonds. The average Bonchev–Trinajstić information content (AvgIpc) is 2.02. The van der Waals surface area contributed by atoms with Gasteiger partial charge in [0.1, 0.15) is 0 Å². The van der Waals surface area contributed by atoms with Gasteiger partial charge in [0.15, 0.2) is 0 Å². The van der Waals surface area contributed by atoms with E-state index in [4.69, 9.17) is 5.41 Å². The SMILES string of the molecule is C/C=C\N(C)C(=O)C(=N)CC. The minimum absolute atomic E-state index is 0.144. The molecule has 0 aliphatic carbocycles. The molecule has 3 heteroatoms. The molecule has 0 radical (unpaired) electrons. The summed E-state index contributed by atoms with van der Waals surface area (Å²) in [6, 6.07) is 0. The third-order valence-electron chi connectivity index (χ3n) is 1.30. The highest BCUT2D eigenvalue weighted by Crippen LogP contribution is 1.91. The fourth-order valence-electron chi connectivity index (χ4n) is 0.655. The van der Waals surface area contributed by atoms with Crippen molar-refractivity contribution in [2.24, 2.45) is 0 Å². The van der Waals surface area contributed by atoms with Gasteiger partial charge >= 0.3 is 0 Å². The van der Waals surface area contributed by atoms with Crippen LogP contribution in [0.5, 0.6) is 0 Å². The van der Waals surface area contributed by atoms with Crippen molar-refractivity contribution in [2.45, 2.75) is 20.3 Å². The quantitative estimate of drug-likeness (QED) is 0.614. The molecule has 1 N–H and O–H groups in total. The predicted molar refractivity (Wildman–Crippen MR) is 45.6 cm³/mol. The molecule has 0 heterocycles. The van der Waals surface area contributed by atoms with Crippen molar-refractivity contribution in [1.82, 2.24) is 4.90 Å². The van der Waals surface area contributed by atoms with Gasteiger partial charge in [0, 0.05) is 13.2 Å². The maximum absolute atomic E-state index is 11.1. The zero-order chi connectivity index (χ0) is 8.85. The third kappa shape index (κ3) is 2.98. The van der Waals surface area contributed by atoms with Gasteiger partial charge in [-0.15, -0.1) is 0 Å². The Bertz CT molecular complexity index is 185. The van der Waals surface area contributed by atoms with Crippen LogP contribution in [0.3, 0.4) is 0 Å². The number of hydrogen-bond acceptors (Lipinski definition) is 2. The van der Waals surface area contributed by atoms with Crippen LogP contribution in [0.4, 0.5) is 0 Å². The van der Waals surface area contributed by atoms with Crippen LogP contribution in [0, 0.1) is 5.41 Å². The van der Waals surface area contributed by atoms with Gasteiger partial charge in [-0.05, 0) is 13.3 Å². The van der Waals surface area contributed by atoms with Crippen LogP contribution in [-0.4, -0.2) is 23.6 Å². The lowest BCUT2D eigenvalue weighted by atomic mass is 10.3. The summed E-state index contributed by atoms with van der Waals surface area (Å²) in [6.45, 7) is 3.63. The number of hydrogen-bond donors (Lipinski definition) is 1. The van der Waals surface area contributed by atoms with Crippen molar-refractivity contribution in [3.8, 4) is 0 Å². The Labute approximate surface area is 67.2 Å². The fourth-order valence-corrected chi connectivity index (χ4v) is 0.655. The summed E-state index contributed by atoms with van der Waals surface area (Å²) in [4.78, 5) is 12.5. The van der Waals surface area contributed by atoms with Crippen molar-refractivity contribution in [2.75, 3.05) is 7.05 Å². The normalized spacial score (nSPS) is 10.1. The summed E-state index contributed by atoms with van der Waals surface area (Å²) in [5.74, 6) is -0.231. The molecular weight excluding hydrogens is 140 g/mol. The Morgan fingerprint density at radius 1 is 1.64 bits per heavy atom. The number of amides is 1. The first kappa shape index (κ1) is 9.88. The Kier molecular flexibility index (Phi) is 4.18. The van der Waals surface area contributed by atoms with Crippen LogP contribution >= 0.6 is 0 Å². The third-order valence-corrected chi connectivity index (χ3v) is 1.30. The molecule has 0 spiro atoms. The number of nitrogens with one attached hydrogen (secondary N) is 1. The van der Waals surface area contributed by atoms with E-state index >= 15 is 0 Å². The number of rotatable bonds is 3. The Hall–Kier alpha value is -1.12.